The van der Waals surface area contributed by atoms with E-state index in [0.717, 1.165) is 29.1 Å². The minimum Gasteiger partial charge on any atom is -0.325 e. The van der Waals surface area contributed by atoms with Crippen LogP contribution in [-0.4, -0.2) is 17.6 Å². The summed E-state index contributed by atoms with van der Waals surface area (Å²) in [7, 11) is 0. The fourth-order valence-corrected chi connectivity index (χ4v) is 5.45. The van der Waals surface area contributed by atoms with Crippen molar-refractivity contribution in [1.29, 1.82) is 10.5 Å². The Morgan fingerprint density at radius 3 is 2.72 bits per heavy atom. The van der Waals surface area contributed by atoms with Gasteiger partial charge in [0, 0.05) is 15.6 Å². The van der Waals surface area contributed by atoms with Crippen LogP contribution in [-0.2, 0) is 9.59 Å². The fraction of sp³-hybridized carbons (Fsp3) is 0.429. The average Bonchev–Trinajstić information content (AvgIpc) is 2.68. The predicted octanol–water partition coefficient (Wildman–Crippen LogP) is 4.32. The Morgan fingerprint density at radius 2 is 2.10 bits per heavy atom. The molecule has 8 heteroatoms. The van der Waals surface area contributed by atoms with Crippen molar-refractivity contribution >= 4 is 45.2 Å². The zero-order valence-electron chi connectivity index (χ0n) is 16.0. The molecule has 1 heterocycles. The van der Waals surface area contributed by atoms with Gasteiger partial charge in [0.1, 0.15) is 5.92 Å². The summed E-state index contributed by atoms with van der Waals surface area (Å²) >= 11 is 4.49. The van der Waals surface area contributed by atoms with Crippen molar-refractivity contribution in [3.8, 4) is 12.1 Å². The lowest BCUT2D eigenvalue weighted by atomic mass is 9.59. The third-order valence-electron chi connectivity index (χ3n) is 5.53. The summed E-state index contributed by atoms with van der Waals surface area (Å²) in [4.78, 5) is 25.0. The average molecular weight is 473 g/mol. The van der Waals surface area contributed by atoms with Crippen molar-refractivity contribution in [3.63, 3.8) is 0 Å². The van der Waals surface area contributed by atoms with Crippen LogP contribution in [0.15, 0.2) is 39.3 Å². The first kappa shape index (κ1) is 21.4. The van der Waals surface area contributed by atoms with Gasteiger partial charge in [-0.25, -0.2) is 0 Å². The number of hydrogen-bond acceptors (Lipinski definition) is 5. The minimum atomic E-state index is -0.874. The molecule has 2 aliphatic rings. The molecule has 0 saturated heterocycles. The van der Waals surface area contributed by atoms with Gasteiger partial charge in [0.25, 0.3) is 0 Å². The van der Waals surface area contributed by atoms with Crippen LogP contribution in [0.25, 0.3) is 0 Å². The van der Waals surface area contributed by atoms with Crippen molar-refractivity contribution in [1.82, 2.24) is 5.32 Å². The largest absolute Gasteiger partial charge is 0.325 e. The molecule has 0 aromatic heterocycles. The van der Waals surface area contributed by atoms with Crippen LogP contribution in [0.4, 0.5) is 5.69 Å². The lowest BCUT2D eigenvalue weighted by molar-refractivity contribution is -0.127. The van der Waals surface area contributed by atoms with E-state index in [9.17, 15) is 20.1 Å². The molecule has 1 aromatic carbocycles. The molecule has 2 amide bonds. The van der Waals surface area contributed by atoms with Gasteiger partial charge in [0.05, 0.1) is 28.5 Å². The lowest BCUT2D eigenvalue weighted by Crippen LogP contribution is -2.49. The molecule has 0 bridgehead atoms. The Morgan fingerprint density at radius 1 is 1.38 bits per heavy atom. The highest BCUT2D eigenvalue weighted by atomic mass is 79.9. The van der Waals surface area contributed by atoms with Crippen LogP contribution < -0.4 is 10.6 Å². The molecule has 1 fully saturated rings. The first-order chi connectivity index (χ1) is 13.9. The molecule has 1 aromatic rings. The van der Waals surface area contributed by atoms with Gasteiger partial charge in [0.15, 0.2) is 0 Å². The van der Waals surface area contributed by atoms with E-state index < -0.39 is 11.3 Å². The molecule has 6 nitrogen and oxygen atoms in total. The zero-order chi connectivity index (χ0) is 21.0. The summed E-state index contributed by atoms with van der Waals surface area (Å²) in [6, 6.07) is 11.6. The van der Waals surface area contributed by atoms with E-state index in [2.05, 4.69) is 45.6 Å². The van der Waals surface area contributed by atoms with Gasteiger partial charge in [-0.1, -0.05) is 47.5 Å². The number of thioether (sulfide) groups is 1. The topological polar surface area (TPSA) is 106 Å². The summed E-state index contributed by atoms with van der Waals surface area (Å²) in [6.45, 7) is 2.09. The fourth-order valence-electron chi connectivity index (χ4n) is 4.27. The van der Waals surface area contributed by atoms with E-state index in [1.165, 1.54) is 0 Å². The number of nitrogens with zero attached hydrogens (tertiary/aromatic N) is 2. The van der Waals surface area contributed by atoms with Crippen molar-refractivity contribution in [2.45, 2.75) is 32.6 Å². The first-order valence-corrected chi connectivity index (χ1v) is 11.2. The Balaban J connectivity index is 1.81. The van der Waals surface area contributed by atoms with Crippen LogP contribution in [0.1, 0.15) is 32.6 Å². The normalized spacial score (nSPS) is 26.4. The monoisotopic (exact) mass is 472 g/mol. The van der Waals surface area contributed by atoms with Crippen LogP contribution in [0.5, 0.6) is 0 Å². The van der Waals surface area contributed by atoms with Gasteiger partial charge in [-0.05, 0) is 43.0 Å². The SMILES string of the molecule is C[C@H]1CCC[C@@]2(C1)C(C#N)=C(SCC(=O)Nc1ccc(Br)cc1)NC(=O)[C@H]2C#N. The molecule has 1 spiro atoms. The van der Waals surface area contributed by atoms with Crippen LogP contribution in [0.2, 0.25) is 0 Å². The predicted molar refractivity (Wildman–Crippen MR) is 115 cm³/mol. The number of carbonyl (C=O) groups is 2. The van der Waals surface area contributed by atoms with Crippen molar-refractivity contribution < 1.29 is 9.59 Å². The standard InChI is InChI=1S/C21H21BrN4O2S/c1-13-3-2-8-21(9-13)16(10-23)19(28)26-20(17(21)11-24)29-12-18(27)25-15-6-4-14(22)5-7-15/h4-7,13,16H,2-3,8-9,12H2,1H3,(H,25,27)(H,26,28)/t13-,16+,21-/m0/s1. The van der Waals surface area contributed by atoms with E-state index >= 15 is 0 Å². The van der Waals surface area contributed by atoms with E-state index in [4.69, 9.17) is 0 Å². The number of benzene rings is 1. The third kappa shape index (κ3) is 4.49. The quantitative estimate of drug-likeness (QED) is 0.678. The number of anilines is 1. The number of rotatable bonds is 4. The molecule has 1 saturated carbocycles. The number of halogens is 1. The molecule has 3 rings (SSSR count). The summed E-state index contributed by atoms with van der Waals surface area (Å²) in [5.74, 6) is -1.09. The number of hydrogen-bond donors (Lipinski definition) is 2. The summed E-state index contributed by atoms with van der Waals surface area (Å²) in [6.07, 6.45) is 3.18. The smallest absolute Gasteiger partial charge is 0.243 e. The van der Waals surface area contributed by atoms with Crippen LogP contribution in [0.3, 0.4) is 0 Å². The van der Waals surface area contributed by atoms with Crippen LogP contribution >= 0.6 is 27.7 Å². The zero-order valence-corrected chi connectivity index (χ0v) is 18.4. The van der Waals surface area contributed by atoms with Gasteiger partial charge >= 0.3 is 0 Å². The molecule has 1 aliphatic carbocycles. The number of nitrogens with one attached hydrogen (secondary N) is 2. The molecular formula is C21H21BrN4O2S. The van der Waals surface area contributed by atoms with Gasteiger partial charge in [-0.3, -0.25) is 9.59 Å². The number of amides is 2. The van der Waals surface area contributed by atoms with Crippen LogP contribution in [0, 0.1) is 39.9 Å². The van der Waals surface area contributed by atoms with Crippen molar-refractivity contribution in [3.05, 3.63) is 39.3 Å². The second-order valence-electron chi connectivity index (χ2n) is 7.57. The Kier molecular flexibility index (Phi) is 6.66. The Labute approximate surface area is 182 Å². The van der Waals surface area contributed by atoms with Crippen molar-refractivity contribution in [2.75, 3.05) is 11.1 Å². The highest BCUT2D eigenvalue weighted by Crippen LogP contribution is 2.53. The number of carbonyl (C=O) groups excluding carboxylic acids is 2. The summed E-state index contributed by atoms with van der Waals surface area (Å²) in [5, 5.41) is 25.5. The first-order valence-electron chi connectivity index (χ1n) is 9.43. The highest BCUT2D eigenvalue weighted by molar-refractivity contribution is 9.10. The molecule has 0 unspecified atom stereocenters. The number of allylic oxidation sites excluding steroid dienone is 1. The molecule has 0 radical (unpaired) electrons. The molecule has 2 N–H and O–H groups in total. The highest BCUT2D eigenvalue weighted by Gasteiger charge is 2.52. The maximum atomic E-state index is 12.6. The molecular weight excluding hydrogens is 452 g/mol. The van der Waals surface area contributed by atoms with Gasteiger partial charge < -0.3 is 10.6 Å². The van der Waals surface area contributed by atoms with Gasteiger partial charge in [0.2, 0.25) is 11.8 Å². The molecule has 1 aliphatic heterocycles. The van der Waals surface area contributed by atoms with E-state index in [0.29, 0.717) is 35.0 Å². The van der Waals surface area contributed by atoms with Gasteiger partial charge in [-0.15, -0.1) is 0 Å². The maximum Gasteiger partial charge on any atom is 0.243 e. The van der Waals surface area contributed by atoms with Crippen molar-refractivity contribution in [2.24, 2.45) is 17.3 Å². The van der Waals surface area contributed by atoms with E-state index in [1.54, 1.807) is 12.1 Å². The summed E-state index contributed by atoms with van der Waals surface area (Å²) in [5.41, 5.74) is 0.355. The number of nitriles is 2. The maximum absolute atomic E-state index is 12.6. The lowest BCUT2D eigenvalue weighted by Gasteiger charge is -2.45. The second-order valence-corrected chi connectivity index (χ2v) is 9.47. The van der Waals surface area contributed by atoms with E-state index in [1.807, 2.05) is 12.1 Å². The Hall–Kier alpha value is -2.29. The molecule has 3 atom stereocenters. The molecule has 150 valence electrons. The minimum absolute atomic E-state index is 0.0553. The third-order valence-corrected chi connectivity index (χ3v) is 7.06. The van der Waals surface area contributed by atoms with Gasteiger partial charge in [-0.2, -0.15) is 10.5 Å². The van der Waals surface area contributed by atoms with E-state index in [-0.39, 0.29) is 17.6 Å². The Bertz CT molecular complexity index is 931. The summed E-state index contributed by atoms with van der Waals surface area (Å²) < 4.78 is 0.915. The molecule has 29 heavy (non-hydrogen) atoms. The second kappa shape index (κ2) is 9.02.